The van der Waals surface area contributed by atoms with E-state index in [0.29, 0.717) is 11.5 Å². The van der Waals surface area contributed by atoms with E-state index >= 15 is 0 Å². The molecule has 1 aliphatic carbocycles. The zero-order valence-corrected chi connectivity index (χ0v) is 31.3. The van der Waals surface area contributed by atoms with Crippen LogP contribution < -0.4 is 14.7 Å². The fourth-order valence-corrected chi connectivity index (χ4v) is 10.5. The average Bonchev–Trinajstić information content (AvgIpc) is 3.80. The molecule has 0 N–H and O–H groups in total. The van der Waals surface area contributed by atoms with E-state index in [9.17, 15) is 5.26 Å². The van der Waals surface area contributed by atoms with E-state index in [0.717, 1.165) is 34.6 Å². The van der Waals surface area contributed by atoms with Crippen LogP contribution in [0.25, 0.3) is 64.2 Å². The maximum absolute atomic E-state index is 9.29. The molecule has 2 heterocycles. The predicted molar refractivity (Wildman–Crippen MR) is 231 cm³/mol. The topological polar surface area (TPSA) is 27.0 Å². The number of anilines is 3. The average molecular weight is 727 g/mol. The van der Waals surface area contributed by atoms with Crippen molar-refractivity contribution >= 4 is 81.6 Å². The van der Waals surface area contributed by atoms with Gasteiger partial charge in [0.2, 0.25) is 0 Å². The lowest BCUT2D eigenvalue weighted by Crippen LogP contribution is -2.27. The van der Waals surface area contributed by atoms with Gasteiger partial charge in [0, 0.05) is 51.9 Å². The van der Waals surface area contributed by atoms with Crippen molar-refractivity contribution < 1.29 is 0 Å². The van der Waals surface area contributed by atoms with Gasteiger partial charge >= 0.3 is 0 Å². The van der Waals surface area contributed by atoms with Crippen molar-refractivity contribution in [1.82, 2.24) is 0 Å². The Hall–Kier alpha value is -6.25. The smallest absolute Gasteiger partial charge is 0.0991 e. The number of thiophene rings is 2. The molecule has 0 aliphatic heterocycles. The molecular weight excluding hydrogens is 693 g/mol. The molecule has 0 saturated heterocycles. The van der Waals surface area contributed by atoms with Gasteiger partial charge in [-0.25, -0.2) is 0 Å². The monoisotopic (exact) mass is 726 g/mol. The van der Waals surface area contributed by atoms with Crippen molar-refractivity contribution in [3.05, 3.63) is 185 Å². The number of hydrogen-bond acceptors (Lipinski definition) is 4. The van der Waals surface area contributed by atoms with Crippen molar-refractivity contribution in [2.45, 2.75) is 13.3 Å². The summed E-state index contributed by atoms with van der Waals surface area (Å²) in [6.07, 6.45) is 3.49. The first-order chi connectivity index (χ1) is 26.6. The van der Waals surface area contributed by atoms with Gasteiger partial charge < -0.3 is 4.90 Å². The number of rotatable bonds is 6. The van der Waals surface area contributed by atoms with Crippen molar-refractivity contribution in [1.29, 1.82) is 5.26 Å². The normalized spacial score (nSPS) is 13.9. The highest BCUT2D eigenvalue weighted by Crippen LogP contribution is 2.42. The molecule has 256 valence electrons. The van der Waals surface area contributed by atoms with E-state index < -0.39 is 0 Å². The molecule has 2 aromatic heterocycles. The molecule has 1 aliphatic rings. The molecule has 0 amide bonds. The van der Waals surface area contributed by atoms with E-state index in [1.807, 2.05) is 46.9 Å². The zero-order chi connectivity index (χ0) is 36.2. The summed E-state index contributed by atoms with van der Waals surface area (Å²) in [4.78, 5) is 2.35. The lowest BCUT2D eigenvalue weighted by Gasteiger charge is -2.26. The first-order valence-electron chi connectivity index (χ1n) is 18.4. The second-order valence-corrected chi connectivity index (χ2v) is 16.2. The molecule has 4 heteroatoms. The first-order valence-corrected chi connectivity index (χ1v) is 20.0. The lowest BCUT2D eigenvalue weighted by atomic mass is 9.90. The van der Waals surface area contributed by atoms with E-state index in [1.165, 1.54) is 62.3 Å². The zero-order valence-electron chi connectivity index (χ0n) is 29.7. The summed E-state index contributed by atoms with van der Waals surface area (Å²) in [5.74, 6) is 0.480. The molecule has 0 fully saturated rings. The van der Waals surface area contributed by atoms with E-state index in [1.54, 1.807) is 0 Å². The molecule has 9 aromatic rings. The van der Waals surface area contributed by atoms with Crippen molar-refractivity contribution in [3.8, 4) is 28.3 Å². The molecule has 0 radical (unpaired) electrons. The quantitative estimate of drug-likeness (QED) is 0.171. The van der Waals surface area contributed by atoms with Crippen LogP contribution in [0.4, 0.5) is 17.1 Å². The summed E-state index contributed by atoms with van der Waals surface area (Å²) < 4.78 is 5.40. The number of nitriles is 1. The molecule has 1 unspecified atom stereocenters. The van der Waals surface area contributed by atoms with Crippen molar-refractivity contribution in [2.75, 3.05) is 4.90 Å². The van der Waals surface area contributed by atoms with Crippen LogP contribution in [0.15, 0.2) is 164 Å². The summed E-state index contributed by atoms with van der Waals surface area (Å²) in [6.45, 7) is 2.33. The highest BCUT2D eigenvalue weighted by atomic mass is 32.1. The fourth-order valence-electron chi connectivity index (χ4n) is 8.03. The summed E-state index contributed by atoms with van der Waals surface area (Å²) in [7, 11) is 0. The molecule has 1 atom stereocenters. The van der Waals surface area contributed by atoms with Gasteiger partial charge in [-0.15, -0.1) is 22.7 Å². The van der Waals surface area contributed by atoms with Crippen LogP contribution in [0, 0.1) is 17.2 Å². The van der Waals surface area contributed by atoms with Gasteiger partial charge in [0.25, 0.3) is 0 Å². The summed E-state index contributed by atoms with van der Waals surface area (Å²) in [5, 5.41) is 14.7. The Balaban J connectivity index is 1.06. The second-order valence-electron chi connectivity index (χ2n) is 14.1. The highest BCUT2D eigenvalue weighted by molar-refractivity contribution is 7.26. The third-order valence-corrected chi connectivity index (χ3v) is 13.1. The molecule has 0 saturated carbocycles. The van der Waals surface area contributed by atoms with E-state index in [-0.39, 0.29) is 0 Å². The molecule has 0 bridgehead atoms. The van der Waals surface area contributed by atoms with Gasteiger partial charge in [-0.1, -0.05) is 116 Å². The third-order valence-electron chi connectivity index (χ3n) is 10.7. The standard InChI is InChI=1S/C50H34N2S2/c1-32-29-45(50-46(30-32)43-8-3-5-12-48(43)54-50)37-21-27-40(28-22-37)52(38-23-17-35(18-24-38)34-15-13-33(31-51)14-16-34)39-25-19-36(20-26-39)41-9-6-10-44-42-7-2-4-11-47(42)53-49(41)44/h2-28,30,32H,29H2,1H3. The molecule has 7 aromatic carbocycles. The largest absolute Gasteiger partial charge is 0.311 e. The Labute approximate surface area is 322 Å². The van der Waals surface area contributed by atoms with E-state index in [2.05, 4.69) is 163 Å². The molecule has 0 spiro atoms. The Morgan fingerprint density at radius 3 is 1.72 bits per heavy atom. The molecule has 2 nitrogen and oxygen atoms in total. The Bertz CT molecular complexity index is 3020. The van der Waals surface area contributed by atoms with Gasteiger partial charge in [0.15, 0.2) is 0 Å². The number of benzene rings is 7. The Kier molecular flexibility index (Phi) is 7.99. The lowest BCUT2D eigenvalue weighted by molar-refractivity contribution is 0.789. The number of fused-ring (bicyclic) bond motifs is 6. The number of nitrogens with zero attached hydrogens (tertiary/aromatic N) is 2. The summed E-state index contributed by atoms with van der Waals surface area (Å²) >= 11 is 3.79. The SMILES string of the molecule is CC1C=c2c(sc3ccccc23)=C(c2ccc(N(c3ccc(-c4ccc(C#N)cc4)cc3)c3ccc(-c4cccc5c4sc4ccccc45)cc3)cc2)C1. The molecular formula is C50H34N2S2. The van der Waals surface area contributed by atoms with Crippen LogP contribution in [0.5, 0.6) is 0 Å². The third kappa shape index (κ3) is 5.61. The van der Waals surface area contributed by atoms with Crippen LogP contribution in [-0.2, 0) is 0 Å². The van der Waals surface area contributed by atoms with Gasteiger partial charge in [-0.05, 0) is 112 Å². The summed E-state index contributed by atoms with van der Waals surface area (Å²) in [5.41, 5.74) is 11.4. The Morgan fingerprint density at radius 2 is 1.07 bits per heavy atom. The minimum atomic E-state index is 0.480. The Morgan fingerprint density at radius 1 is 0.537 bits per heavy atom. The molecule has 10 rings (SSSR count). The maximum atomic E-state index is 9.29. The maximum Gasteiger partial charge on any atom is 0.0991 e. The van der Waals surface area contributed by atoms with Crippen molar-refractivity contribution in [2.24, 2.45) is 5.92 Å². The van der Waals surface area contributed by atoms with E-state index in [4.69, 9.17) is 0 Å². The van der Waals surface area contributed by atoms with Crippen LogP contribution in [0.2, 0.25) is 0 Å². The minimum absolute atomic E-state index is 0.480. The highest BCUT2D eigenvalue weighted by Gasteiger charge is 2.19. The van der Waals surface area contributed by atoms with Gasteiger partial charge in [0.1, 0.15) is 0 Å². The van der Waals surface area contributed by atoms with Crippen LogP contribution in [0.3, 0.4) is 0 Å². The van der Waals surface area contributed by atoms with Gasteiger partial charge in [-0.2, -0.15) is 5.26 Å². The first kappa shape index (κ1) is 32.4. The van der Waals surface area contributed by atoms with Crippen molar-refractivity contribution in [3.63, 3.8) is 0 Å². The number of hydrogen-bond donors (Lipinski definition) is 0. The molecule has 54 heavy (non-hydrogen) atoms. The predicted octanol–water partition coefficient (Wildman–Crippen LogP) is 13.0. The van der Waals surface area contributed by atoms with Crippen LogP contribution >= 0.6 is 22.7 Å². The van der Waals surface area contributed by atoms with Gasteiger partial charge in [-0.3, -0.25) is 0 Å². The van der Waals surface area contributed by atoms with Crippen LogP contribution in [0.1, 0.15) is 24.5 Å². The van der Waals surface area contributed by atoms with Gasteiger partial charge in [0.05, 0.1) is 11.6 Å². The summed E-state index contributed by atoms with van der Waals surface area (Å²) in [6, 6.07) is 61.1. The second kappa shape index (κ2) is 13.3. The fraction of sp³-hybridized carbons (Fsp3) is 0.0600. The van der Waals surface area contributed by atoms with Crippen LogP contribution in [-0.4, -0.2) is 0 Å². The minimum Gasteiger partial charge on any atom is -0.311 e.